The summed E-state index contributed by atoms with van der Waals surface area (Å²) in [6.45, 7) is 4.96. The van der Waals surface area contributed by atoms with E-state index in [0.717, 1.165) is 18.4 Å². The molecule has 1 saturated carbocycles. The summed E-state index contributed by atoms with van der Waals surface area (Å²) in [7, 11) is 0. The van der Waals surface area contributed by atoms with Gasteiger partial charge >= 0.3 is 5.97 Å². The zero-order chi connectivity index (χ0) is 24.0. The molecule has 3 N–H and O–H groups in total. The second kappa shape index (κ2) is 10.8. The lowest BCUT2D eigenvalue weighted by atomic mass is 10.0. The van der Waals surface area contributed by atoms with Gasteiger partial charge in [0.05, 0.1) is 0 Å². The standard InChI is InChI=1S/C25H29N3O5/c1-15(2)22(28-23(30)17-9-7-16(3)8-10-17)25(32)33-14-21(29)26-20-6-4-5-18(13-20)24(31)27-19-11-12-19/h4-10,13,15,19,22H,11-12,14H2,1-3H3,(H,26,29)(H,27,31)(H,28,30)/t22-/m0/s1. The zero-order valence-corrected chi connectivity index (χ0v) is 19.0. The molecule has 1 fully saturated rings. The van der Waals surface area contributed by atoms with Gasteiger partial charge in [-0.3, -0.25) is 14.4 Å². The van der Waals surface area contributed by atoms with Gasteiger partial charge in [0.15, 0.2) is 6.61 Å². The van der Waals surface area contributed by atoms with Crippen LogP contribution in [0.4, 0.5) is 5.69 Å². The third kappa shape index (κ3) is 7.17. The van der Waals surface area contributed by atoms with Gasteiger partial charge in [0, 0.05) is 22.9 Å². The molecule has 0 spiro atoms. The molecule has 2 aromatic carbocycles. The summed E-state index contributed by atoms with van der Waals surface area (Å²) in [4.78, 5) is 49.5. The summed E-state index contributed by atoms with van der Waals surface area (Å²) in [6, 6.07) is 12.9. The highest BCUT2D eigenvalue weighted by molar-refractivity contribution is 5.99. The molecule has 0 radical (unpaired) electrons. The Kier molecular flexibility index (Phi) is 7.82. The quantitative estimate of drug-likeness (QED) is 0.508. The van der Waals surface area contributed by atoms with E-state index in [-0.39, 0.29) is 17.9 Å². The van der Waals surface area contributed by atoms with Crippen molar-refractivity contribution in [3.05, 3.63) is 65.2 Å². The molecule has 1 atom stereocenters. The SMILES string of the molecule is Cc1ccc(C(=O)N[C@H](C(=O)OCC(=O)Nc2cccc(C(=O)NC3CC3)c2)C(C)C)cc1. The van der Waals surface area contributed by atoms with Crippen LogP contribution in [-0.4, -0.2) is 42.4 Å². The summed E-state index contributed by atoms with van der Waals surface area (Å²) in [6.07, 6.45) is 1.97. The van der Waals surface area contributed by atoms with Crippen molar-refractivity contribution >= 4 is 29.4 Å². The number of hydrogen-bond donors (Lipinski definition) is 3. The number of amides is 3. The van der Waals surface area contributed by atoms with Gasteiger partial charge in [0.2, 0.25) is 0 Å². The van der Waals surface area contributed by atoms with Gasteiger partial charge < -0.3 is 20.7 Å². The van der Waals surface area contributed by atoms with Gasteiger partial charge in [0.25, 0.3) is 17.7 Å². The van der Waals surface area contributed by atoms with Gasteiger partial charge in [-0.25, -0.2) is 4.79 Å². The van der Waals surface area contributed by atoms with Crippen LogP contribution in [0.2, 0.25) is 0 Å². The Morgan fingerprint density at radius 1 is 0.970 bits per heavy atom. The molecule has 0 aromatic heterocycles. The Morgan fingerprint density at radius 3 is 2.30 bits per heavy atom. The Balaban J connectivity index is 1.52. The van der Waals surface area contributed by atoms with Crippen molar-refractivity contribution in [2.24, 2.45) is 5.92 Å². The van der Waals surface area contributed by atoms with Crippen LogP contribution in [0.15, 0.2) is 48.5 Å². The Hall–Kier alpha value is -3.68. The van der Waals surface area contributed by atoms with Gasteiger partial charge in [0.1, 0.15) is 6.04 Å². The lowest BCUT2D eigenvalue weighted by Gasteiger charge is -2.21. The maximum absolute atomic E-state index is 12.5. The largest absolute Gasteiger partial charge is 0.454 e. The first-order chi connectivity index (χ1) is 15.7. The summed E-state index contributed by atoms with van der Waals surface area (Å²) in [5, 5.41) is 8.18. The monoisotopic (exact) mass is 451 g/mol. The Morgan fingerprint density at radius 2 is 1.67 bits per heavy atom. The van der Waals surface area contributed by atoms with Crippen molar-refractivity contribution in [3.63, 3.8) is 0 Å². The van der Waals surface area contributed by atoms with E-state index >= 15 is 0 Å². The van der Waals surface area contributed by atoms with Crippen molar-refractivity contribution in [2.75, 3.05) is 11.9 Å². The van der Waals surface area contributed by atoms with E-state index in [0.29, 0.717) is 16.8 Å². The molecule has 33 heavy (non-hydrogen) atoms. The normalized spacial score (nSPS) is 13.7. The first-order valence-electron chi connectivity index (χ1n) is 11.0. The van der Waals surface area contributed by atoms with Gasteiger partial charge in [-0.2, -0.15) is 0 Å². The fourth-order valence-corrected chi connectivity index (χ4v) is 3.09. The van der Waals surface area contributed by atoms with Crippen LogP contribution < -0.4 is 16.0 Å². The van der Waals surface area contributed by atoms with E-state index in [2.05, 4.69) is 16.0 Å². The molecular weight excluding hydrogens is 422 g/mol. The minimum absolute atomic E-state index is 0.191. The lowest BCUT2D eigenvalue weighted by Crippen LogP contribution is -2.45. The summed E-state index contributed by atoms with van der Waals surface area (Å²) in [5.74, 6) is -2.06. The number of carbonyl (C=O) groups excluding carboxylic acids is 4. The van der Waals surface area contributed by atoms with E-state index in [4.69, 9.17) is 4.74 Å². The Bertz CT molecular complexity index is 1030. The number of aryl methyl sites for hydroxylation is 1. The summed E-state index contributed by atoms with van der Waals surface area (Å²) >= 11 is 0. The molecule has 2 aromatic rings. The summed E-state index contributed by atoms with van der Waals surface area (Å²) in [5.41, 5.74) is 2.32. The number of carbonyl (C=O) groups is 4. The van der Waals surface area contributed by atoms with Crippen molar-refractivity contribution in [1.29, 1.82) is 0 Å². The highest BCUT2D eigenvalue weighted by Crippen LogP contribution is 2.20. The molecule has 8 heteroatoms. The molecule has 8 nitrogen and oxygen atoms in total. The van der Waals surface area contributed by atoms with Crippen molar-refractivity contribution < 1.29 is 23.9 Å². The average Bonchev–Trinajstić information content (AvgIpc) is 3.60. The van der Waals surface area contributed by atoms with Crippen LogP contribution >= 0.6 is 0 Å². The van der Waals surface area contributed by atoms with E-state index < -0.39 is 30.4 Å². The van der Waals surface area contributed by atoms with E-state index in [1.165, 1.54) is 0 Å². The number of benzene rings is 2. The first kappa shape index (κ1) is 24.0. The maximum atomic E-state index is 12.5. The van der Waals surface area contributed by atoms with Gasteiger partial charge in [-0.05, 0) is 56.0 Å². The van der Waals surface area contributed by atoms with Crippen LogP contribution in [0.5, 0.6) is 0 Å². The Labute approximate surface area is 193 Å². The van der Waals surface area contributed by atoms with Gasteiger partial charge in [-0.15, -0.1) is 0 Å². The predicted molar refractivity (Wildman–Crippen MR) is 124 cm³/mol. The molecule has 0 saturated heterocycles. The minimum Gasteiger partial charge on any atom is -0.454 e. The number of rotatable bonds is 9. The maximum Gasteiger partial charge on any atom is 0.329 e. The molecular formula is C25H29N3O5. The molecule has 1 aliphatic carbocycles. The van der Waals surface area contributed by atoms with E-state index in [1.54, 1.807) is 50.2 Å². The highest BCUT2D eigenvalue weighted by Gasteiger charge is 2.27. The lowest BCUT2D eigenvalue weighted by molar-refractivity contribution is -0.150. The molecule has 1 aliphatic rings. The van der Waals surface area contributed by atoms with Crippen molar-refractivity contribution in [1.82, 2.24) is 10.6 Å². The van der Waals surface area contributed by atoms with Crippen LogP contribution in [0, 0.1) is 12.8 Å². The number of nitrogens with one attached hydrogen (secondary N) is 3. The second-order valence-corrected chi connectivity index (χ2v) is 8.55. The minimum atomic E-state index is -0.902. The number of hydrogen-bond acceptors (Lipinski definition) is 5. The fraction of sp³-hybridized carbons (Fsp3) is 0.360. The van der Waals surface area contributed by atoms with Crippen LogP contribution in [0.25, 0.3) is 0 Å². The van der Waals surface area contributed by atoms with E-state index in [1.807, 2.05) is 19.1 Å². The second-order valence-electron chi connectivity index (χ2n) is 8.55. The molecule has 0 bridgehead atoms. The molecule has 0 unspecified atom stereocenters. The van der Waals surface area contributed by atoms with Gasteiger partial charge in [-0.1, -0.05) is 37.6 Å². The van der Waals surface area contributed by atoms with Crippen LogP contribution in [-0.2, 0) is 14.3 Å². The van der Waals surface area contributed by atoms with Crippen LogP contribution in [0.3, 0.4) is 0 Å². The van der Waals surface area contributed by atoms with E-state index in [9.17, 15) is 19.2 Å². The van der Waals surface area contributed by atoms with Crippen LogP contribution in [0.1, 0.15) is 53.0 Å². The predicted octanol–water partition coefficient (Wildman–Crippen LogP) is 2.82. The summed E-state index contributed by atoms with van der Waals surface area (Å²) < 4.78 is 5.15. The zero-order valence-electron chi connectivity index (χ0n) is 19.0. The molecule has 0 aliphatic heterocycles. The smallest absolute Gasteiger partial charge is 0.329 e. The molecule has 3 rings (SSSR count). The molecule has 0 heterocycles. The highest BCUT2D eigenvalue weighted by atomic mass is 16.5. The number of anilines is 1. The number of esters is 1. The molecule has 174 valence electrons. The third-order valence-corrected chi connectivity index (χ3v) is 5.19. The van der Waals surface area contributed by atoms with Crippen molar-refractivity contribution in [3.8, 4) is 0 Å². The van der Waals surface area contributed by atoms with Crippen molar-refractivity contribution in [2.45, 2.75) is 45.7 Å². The number of ether oxygens (including phenoxy) is 1. The third-order valence-electron chi connectivity index (χ3n) is 5.19. The molecule has 3 amide bonds. The topological polar surface area (TPSA) is 114 Å². The fourth-order valence-electron chi connectivity index (χ4n) is 3.09. The average molecular weight is 452 g/mol. The first-order valence-corrected chi connectivity index (χ1v) is 11.0.